The normalized spacial score (nSPS) is 20.7. The lowest BCUT2D eigenvalue weighted by Crippen LogP contribution is -2.39. The summed E-state index contributed by atoms with van der Waals surface area (Å²) in [7, 11) is 0. The van der Waals surface area contributed by atoms with E-state index >= 15 is 0 Å². The molecule has 0 radical (unpaired) electrons. The second kappa shape index (κ2) is 6.56. The van der Waals surface area contributed by atoms with Gasteiger partial charge in [0.2, 0.25) is 5.91 Å². The summed E-state index contributed by atoms with van der Waals surface area (Å²) in [6, 6.07) is 6.11. The number of aromatic amines is 1. The Kier molecular flexibility index (Phi) is 4.48. The van der Waals surface area contributed by atoms with Gasteiger partial charge in [0, 0.05) is 19.4 Å². The van der Waals surface area contributed by atoms with Gasteiger partial charge in [-0.15, -0.1) is 0 Å². The number of para-hydroxylation sites is 1. The number of H-pyrrole nitrogens is 1. The van der Waals surface area contributed by atoms with E-state index in [1.807, 2.05) is 0 Å². The maximum atomic E-state index is 13.5. The Bertz CT molecular complexity index is 875. The Labute approximate surface area is 136 Å². The molecule has 0 saturated carbocycles. The van der Waals surface area contributed by atoms with E-state index in [1.54, 1.807) is 24.3 Å². The number of benzene rings is 1. The molecule has 128 valence electrons. The molecule has 1 aliphatic heterocycles. The minimum Gasteiger partial charge on any atom is -0.394 e. The van der Waals surface area contributed by atoms with Crippen LogP contribution in [0.1, 0.15) is 12.8 Å². The number of nitrogens with one attached hydrogen (secondary N) is 1. The van der Waals surface area contributed by atoms with E-state index in [4.69, 9.17) is 0 Å². The minimum atomic E-state index is -1.14. The van der Waals surface area contributed by atoms with Gasteiger partial charge >= 0.3 is 5.69 Å². The van der Waals surface area contributed by atoms with E-state index in [-0.39, 0.29) is 38.4 Å². The lowest BCUT2D eigenvalue weighted by molar-refractivity contribution is -0.133. The van der Waals surface area contributed by atoms with Gasteiger partial charge in [-0.25, -0.2) is 9.18 Å². The van der Waals surface area contributed by atoms with Crippen molar-refractivity contribution in [1.82, 2.24) is 14.5 Å². The van der Waals surface area contributed by atoms with Gasteiger partial charge < -0.3 is 10.0 Å². The Morgan fingerprint density at radius 2 is 2.08 bits per heavy atom. The summed E-state index contributed by atoms with van der Waals surface area (Å²) >= 11 is 0. The van der Waals surface area contributed by atoms with E-state index in [2.05, 4.69) is 4.98 Å². The molecule has 1 aliphatic rings. The molecule has 24 heavy (non-hydrogen) atoms. The Morgan fingerprint density at radius 3 is 2.83 bits per heavy atom. The standard InChI is InChI=1S/C16H18FN3O4/c17-10-7-11(9-21)20(8-10)14(22)5-6-19-13-4-2-1-3-12(13)15(23)18-16(19)24/h1-4,10-11,21H,5-9H2,(H,18,23,24)/t10-,11-/m0/s1. The maximum absolute atomic E-state index is 13.5. The predicted octanol–water partition coefficient (Wildman–Crippen LogP) is 0.0112. The lowest BCUT2D eigenvalue weighted by Gasteiger charge is -2.22. The van der Waals surface area contributed by atoms with Crippen LogP contribution in [0.4, 0.5) is 4.39 Å². The molecular formula is C16H18FN3O4. The second-order valence-corrected chi connectivity index (χ2v) is 5.89. The zero-order valence-electron chi connectivity index (χ0n) is 12.9. The first-order chi connectivity index (χ1) is 11.5. The predicted molar refractivity (Wildman–Crippen MR) is 85.5 cm³/mol. The summed E-state index contributed by atoms with van der Waals surface area (Å²) in [5, 5.41) is 9.61. The van der Waals surface area contributed by atoms with Crippen LogP contribution in [-0.4, -0.2) is 50.8 Å². The summed E-state index contributed by atoms with van der Waals surface area (Å²) in [5.74, 6) is -0.323. The minimum absolute atomic E-state index is 0.0147. The average molecular weight is 335 g/mol. The van der Waals surface area contributed by atoms with E-state index in [0.717, 1.165) is 0 Å². The molecule has 0 spiro atoms. The first kappa shape index (κ1) is 16.4. The van der Waals surface area contributed by atoms with E-state index in [0.29, 0.717) is 10.9 Å². The first-order valence-corrected chi connectivity index (χ1v) is 7.77. The fourth-order valence-corrected chi connectivity index (χ4v) is 3.15. The molecular weight excluding hydrogens is 317 g/mol. The monoisotopic (exact) mass is 335 g/mol. The molecule has 2 aromatic rings. The van der Waals surface area contributed by atoms with E-state index in [9.17, 15) is 23.9 Å². The van der Waals surface area contributed by atoms with E-state index < -0.39 is 23.5 Å². The Balaban J connectivity index is 1.83. The number of aryl methyl sites for hydroxylation is 1. The highest BCUT2D eigenvalue weighted by Crippen LogP contribution is 2.21. The van der Waals surface area contributed by atoms with Gasteiger partial charge in [-0.1, -0.05) is 12.1 Å². The molecule has 8 heteroatoms. The zero-order chi connectivity index (χ0) is 17.3. The molecule has 0 bridgehead atoms. The zero-order valence-corrected chi connectivity index (χ0v) is 12.9. The van der Waals surface area contributed by atoms with Crippen molar-refractivity contribution in [3.05, 3.63) is 45.1 Å². The van der Waals surface area contributed by atoms with Crippen LogP contribution >= 0.6 is 0 Å². The highest BCUT2D eigenvalue weighted by Gasteiger charge is 2.34. The third-order valence-corrected chi connectivity index (χ3v) is 4.35. The van der Waals surface area contributed by atoms with Crippen molar-refractivity contribution in [1.29, 1.82) is 0 Å². The van der Waals surface area contributed by atoms with E-state index in [1.165, 1.54) is 9.47 Å². The quantitative estimate of drug-likeness (QED) is 0.823. The fraction of sp³-hybridized carbons (Fsp3) is 0.438. The largest absolute Gasteiger partial charge is 0.394 e. The number of carbonyl (C=O) groups is 1. The van der Waals surface area contributed by atoms with Crippen LogP contribution in [0.2, 0.25) is 0 Å². The average Bonchev–Trinajstić information content (AvgIpc) is 2.95. The van der Waals surface area contributed by atoms with Gasteiger partial charge in [-0.3, -0.25) is 19.1 Å². The number of nitrogens with zero attached hydrogens (tertiary/aromatic N) is 2. The highest BCUT2D eigenvalue weighted by atomic mass is 19.1. The molecule has 2 atom stereocenters. The second-order valence-electron chi connectivity index (χ2n) is 5.89. The van der Waals surface area contributed by atoms with Crippen molar-refractivity contribution in [2.75, 3.05) is 13.2 Å². The van der Waals surface area contributed by atoms with Crippen molar-refractivity contribution in [2.45, 2.75) is 31.6 Å². The molecule has 1 amide bonds. The Morgan fingerprint density at radius 1 is 1.33 bits per heavy atom. The fourth-order valence-electron chi connectivity index (χ4n) is 3.15. The number of carbonyl (C=O) groups excluding carboxylic acids is 1. The number of fused-ring (bicyclic) bond motifs is 1. The molecule has 0 unspecified atom stereocenters. The van der Waals surface area contributed by atoms with Crippen LogP contribution in [0, 0.1) is 0 Å². The van der Waals surface area contributed by atoms with Crippen molar-refractivity contribution in [2.24, 2.45) is 0 Å². The van der Waals surface area contributed by atoms with Gasteiger partial charge in [-0.05, 0) is 12.1 Å². The van der Waals surface area contributed by atoms with Gasteiger partial charge in [0.15, 0.2) is 0 Å². The Hall–Kier alpha value is -2.48. The lowest BCUT2D eigenvalue weighted by atomic mass is 10.2. The summed E-state index contributed by atoms with van der Waals surface area (Å²) in [5.41, 5.74) is -0.615. The molecule has 1 fully saturated rings. The van der Waals surface area contributed by atoms with Crippen LogP contribution in [0.3, 0.4) is 0 Å². The molecule has 2 N–H and O–H groups in total. The van der Waals surface area contributed by atoms with Gasteiger partial charge in [-0.2, -0.15) is 0 Å². The summed E-state index contributed by atoms with van der Waals surface area (Å²) < 4.78 is 14.8. The molecule has 0 aliphatic carbocycles. The van der Waals surface area contributed by atoms with Crippen molar-refractivity contribution >= 4 is 16.8 Å². The number of aliphatic hydroxyl groups excluding tert-OH is 1. The number of rotatable bonds is 4. The molecule has 2 heterocycles. The van der Waals surface area contributed by atoms with Gasteiger partial charge in [0.05, 0.1) is 30.1 Å². The molecule has 1 aromatic heterocycles. The van der Waals surface area contributed by atoms with Crippen LogP contribution in [-0.2, 0) is 11.3 Å². The summed E-state index contributed by atoms with van der Waals surface area (Å²) in [6.07, 6.45) is -1.02. The van der Waals surface area contributed by atoms with Crippen LogP contribution in [0.25, 0.3) is 10.9 Å². The summed E-state index contributed by atoms with van der Waals surface area (Å²) in [4.78, 5) is 39.7. The number of halogens is 1. The number of alkyl halides is 1. The highest BCUT2D eigenvalue weighted by molar-refractivity contribution is 5.79. The first-order valence-electron chi connectivity index (χ1n) is 7.77. The summed E-state index contributed by atoms with van der Waals surface area (Å²) in [6.45, 7) is -0.250. The van der Waals surface area contributed by atoms with Crippen LogP contribution in [0.5, 0.6) is 0 Å². The number of likely N-dealkylation sites (tertiary alicyclic amines) is 1. The van der Waals surface area contributed by atoms with Crippen molar-refractivity contribution < 1.29 is 14.3 Å². The smallest absolute Gasteiger partial charge is 0.328 e. The number of hydrogen-bond acceptors (Lipinski definition) is 4. The number of aliphatic hydroxyl groups is 1. The van der Waals surface area contributed by atoms with Crippen molar-refractivity contribution in [3.8, 4) is 0 Å². The molecule has 3 rings (SSSR count). The molecule has 1 aromatic carbocycles. The van der Waals surface area contributed by atoms with Crippen LogP contribution in [0.15, 0.2) is 33.9 Å². The third-order valence-electron chi connectivity index (χ3n) is 4.35. The molecule has 1 saturated heterocycles. The van der Waals surface area contributed by atoms with Crippen molar-refractivity contribution in [3.63, 3.8) is 0 Å². The van der Waals surface area contributed by atoms with Gasteiger partial charge in [0.25, 0.3) is 5.56 Å². The van der Waals surface area contributed by atoms with Crippen LogP contribution < -0.4 is 11.2 Å². The maximum Gasteiger partial charge on any atom is 0.328 e. The topological polar surface area (TPSA) is 95.4 Å². The molecule has 7 nitrogen and oxygen atoms in total. The third kappa shape index (κ3) is 2.96. The number of aromatic nitrogens is 2. The number of hydrogen-bond donors (Lipinski definition) is 2. The SMILES string of the molecule is O=C(CCn1c(=O)[nH]c(=O)c2ccccc21)N1C[C@@H](F)C[C@H]1CO. The number of amides is 1. The van der Waals surface area contributed by atoms with Gasteiger partial charge in [0.1, 0.15) is 6.17 Å².